The minimum Gasteiger partial charge on any atom is -0.357 e. The lowest BCUT2D eigenvalue weighted by Crippen LogP contribution is -2.35. The first-order valence-corrected chi connectivity index (χ1v) is 10.1. The zero-order valence-electron chi connectivity index (χ0n) is 16.5. The van der Waals surface area contributed by atoms with Crippen molar-refractivity contribution in [1.82, 2.24) is 15.2 Å². The summed E-state index contributed by atoms with van der Waals surface area (Å²) >= 11 is 0. The zero-order valence-corrected chi connectivity index (χ0v) is 16.5. The second-order valence-corrected chi connectivity index (χ2v) is 7.78. The fourth-order valence-electron chi connectivity index (χ4n) is 3.96. The first-order chi connectivity index (χ1) is 13.0. The number of hydrogen-bond acceptors (Lipinski definition) is 2. The predicted octanol–water partition coefficient (Wildman–Crippen LogP) is 4.05. The molecule has 0 atom stereocenters. The molecule has 0 saturated heterocycles. The van der Waals surface area contributed by atoms with Crippen LogP contribution in [0.4, 0.5) is 0 Å². The minimum absolute atomic E-state index is 0.00377. The van der Waals surface area contributed by atoms with Crippen LogP contribution >= 0.6 is 0 Å². The second kappa shape index (κ2) is 9.07. The van der Waals surface area contributed by atoms with Gasteiger partial charge in [-0.15, -0.1) is 0 Å². The summed E-state index contributed by atoms with van der Waals surface area (Å²) in [6.07, 6.45) is 7.58. The van der Waals surface area contributed by atoms with Gasteiger partial charge in [0.05, 0.1) is 6.54 Å². The van der Waals surface area contributed by atoms with Crippen LogP contribution in [0.2, 0.25) is 0 Å². The highest BCUT2D eigenvalue weighted by molar-refractivity contribution is 5.85. The Kier molecular flexibility index (Phi) is 6.54. The Morgan fingerprint density at radius 2 is 1.81 bits per heavy atom. The Labute approximate surface area is 161 Å². The van der Waals surface area contributed by atoms with Gasteiger partial charge >= 0.3 is 0 Å². The molecule has 0 unspecified atom stereocenters. The normalized spacial score (nSPS) is 15.5. The highest BCUT2D eigenvalue weighted by Crippen LogP contribution is 2.22. The van der Waals surface area contributed by atoms with Crippen molar-refractivity contribution in [2.45, 2.75) is 70.9 Å². The van der Waals surface area contributed by atoms with E-state index in [0.717, 1.165) is 24.1 Å². The second-order valence-electron chi connectivity index (χ2n) is 7.78. The summed E-state index contributed by atoms with van der Waals surface area (Å²) in [6, 6.07) is 8.45. The predicted molar refractivity (Wildman–Crippen MR) is 108 cm³/mol. The Hall–Kier alpha value is -2.30. The molecule has 1 aliphatic carbocycles. The molecule has 0 spiro atoms. The Morgan fingerprint density at radius 3 is 2.52 bits per heavy atom. The third-order valence-corrected chi connectivity index (χ3v) is 5.68. The number of benzene rings is 1. The number of carbonyl (C=O) groups excluding carboxylic acids is 2. The molecule has 3 rings (SSSR count). The summed E-state index contributed by atoms with van der Waals surface area (Å²) in [7, 11) is 1.80. The van der Waals surface area contributed by atoms with Gasteiger partial charge in [0.25, 0.3) is 0 Å². The standard InChI is InChI=1S/C22H31N3O2/c1-16-18-11-7-8-12-19(18)24-20(16)15-25(2)22(27)14-13-21(26)23-17-9-5-3-4-6-10-17/h7-8,11-12,17,24H,3-6,9-10,13-15H2,1-2H3,(H,23,26). The lowest BCUT2D eigenvalue weighted by Gasteiger charge is -2.18. The maximum atomic E-state index is 12.5. The maximum Gasteiger partial charge on any atom is 0.223 e. The van der Waals surface area contributed by atoms with Gasteiger partial charge in [0.1, 0.15) is 0 Å². The van der Waals surface area contributed by atoms with Crippen LogP contribution in [-0.2, 0) is 16.1 Å². The van der Waals surface area contributed by atoms with Crippen molar-refractivity contribution < 1.29 is 9.59 Å². The van der Waals surface area contributed by atoms with E-state index >= 15 is 0 Å². The van der Waals surface area contributed by atoms with Crippen LogP contribution in [0, 0.1) is 6.92 Å². The molecule has 5 heteroatoms. The van der Waals surface area contributed by atoms with Gasteiger partial charge in [0, 0.05) is 42.5 Å². The number of aromatic nitrogens is 1. The van der Waals surface area contributed by atoms with E-state index in [1.807, 2.05) is 18.2 Å². The first kappa shape index (κ1) is 19.5. The number of fused-ring (bicyclic) bond motifs is 1. The molecule has 0 radical (unpaired) electrons. The summed E-state index contributed by atoms with van der Waals surface area (Å²) < 4.78 is 0. The lowest BCUT2D eigenvalue weighted by atomic mass is 10.1. The fraction of sp³-hybridized carbons (Fsp3) is 0.545. The molecule has 5 nitrogen and oxygen atoms in total. The SMILES string of the molecule is Cc1c(CN(C)C(=O)CCC(=O)NC2CCCCCC2)[nH]c2ccccc12. The van der Waals surface area contributed by atoms with Gasteiger partial charge in [-0.05, 0) is 31.4 Å². The molecule has 1 aromatic carbocycles. The van der Waals surface area contributed by atoms with Crippen LogP contribution in [0.3, 0.4) is 0 Å². The van der Waals surface area contributed by atoms with Crippen LogP contribution < -0.4 is 5.32 Å². The van der Waals surface area contributed by atoms with Crippen molar-refractivity contribution in [2.75, 3.05) is 7.05 Å². The fourth-order valence-corrected chi connectivity index (χ4v) is 3.96. The van der Waals surface area contributed by atoms with E-state index in [1.165, 1.54) is 36.6 Å². The topological polar surface area (TPSA) is 65.2 Å². The van der Waals surface area contributed by atoms with Crippen LogP contribution in [-0.4, -0.2) is 34.8 Å². The number of aromatic amines is 1. The van der Waals surface area contributed by atoms with Gasteiger partial charge in [-0.3, -0.25) is 9.59 Å². The molecular weight excluding hydrogens is 338 g/mol. The number of carbonyl (C=O) groups is 2. The van der Waals surface area contributed by atoms with Crippen LogP contribution in [0.5, 0.6) is 0 Å². The van der Waals surface area contributed by atoms with Crippen molar-refractivity contribution in [3.63, 3.8) is 0 Å². The summed E-state index contributed by atoms with van der Waals surface area (Å²) in [6.45, 7) is 2.61. The highest BCUT2D eigenvalue weighted by atomic mass is 16.2. The number of aryl methyl sites for hydroxylation is 1. The van der Waals surface area contributed by atoms with E-state index < -0.39 is 0 Å². The number of hydrogen-bond donors (Lipinski definition) is 2. The molecule has 146 valence electrons. The summed E-state index contributed by atoms with van der Waals surface area (Å²) in [4.78, 5) is 29.8. The van der Waals surface area contributed by atoms with Gasteiger partial charge in [-0.25, -0.2) is 0 Å². The number of para-hydroxylation sites is 1. The maximum absolute atomic E-state index is 12.5. The van der Waals surface area contributed by atoms with Crippen molar-refractivity contribution in [3.8, 4) is 0 Å². The summed E-state index contributed by atoms with van der Waals surface area (Å²) in [5.41, 5.74) is 3.32. The van der Waals surface area contributed by atoms with E-state index in [2.05, 4.69) is 23.3 Å². The molecule has 1 heterocycles. The van der Waals surface area contributed by atoms with Gasteiger partial charge < -0.3 is 15.2 Å². The van der Waals surface area contributed by atoms with E-state index in [4.69, 9.17) is 0 Å². The van der Waals surface area contributed by atoms with E-state index in [0.29, 0.717) is 12.6 Å². The minimum atomic E-state index is 0.00377. The highest BCUT2D eigenvalue weighted by Gasteiger charge is 2.17. The number of rotatable bonds is 6. The molecule has 0 aliphatic heterocycles. The molecule has 2 aromatic rings. The molecule has 2 amide bonds. The molecule has 27 heavy (non-hydrogen) atoms. The van der Waals surface area contributed by atoms with E-state index in [9.17, 15) is 9.59 Å². The van der Waals surface area contributed by atoms with Gasteiger partial charge in [0.2, 0.25) is 11.8 Å². The van der Waals surface area contributed by atoms with Gasteiger partial charge in [0.15, 0.2) is 0 Å². The number of nitrogens with one attached hydrogen (secondary N) is 2. The Bertz CT molecular complexity index is 788. The lowest BCUT2D eigenvalue weighted by molar-refractivity contribution is -0.133. The first-order valence-electron chi connectivity index (χ1n) is 10.1. The quantitative estimate of drug-likeness (QED) is 0.754. The monoisotopic (exact) mass is 369 g/mol. The molecule has 0 bridgehead atoms. The number of amides is 2. The molecule has 1 aromatic heterocycles. The third-order valence-electron chi connectivity index (χ3n) is 5.68. The molecule has 2 N–H and O–H groups in total. The van der Waals surface area contributed by atoms with Crippen LogP contribution in [0.15, 0.2) is 24.3 Å². The molecule has 1 fully saturated rings. The summed E-state index contributed by atoms with van der Waals surface area (Å²) in [5, 5.41) is 4.30. The van der Waals surface area contributed by atoms with Crippen LogP contribution in [0.1, 0.15) is 62.6 Å². The van der Waals surface area contributed by atoms with Gasteiger partial charge in [-0.1, -0.05) is 43.9 Å². The molecular formula is C22H31N3O2. The van der Waals surface area contributed by atoms with Crippen molar-refractivity contribution in [3.05, 3.63) is 35.5 Å². The zero-order chi connectivity index (χ0) is 19.2. The summed E-state index contributed by atoms with van der Waals surface area (Å²) in [5.74, 6) is 0.00881. The van der Waals surface area contributed by atoms with E-state index in [1.54, 1.807) is 11.9 Å². The molecule has 1 aliphatic rings. The number of nitrogens with zero attached hydrogens (tertiary/aromatic N) is 1. The average molecular weight is 370 g/mol. The largest absolute Gasteiger partial charge is 0.357 e. The van der Waals surface area contributed by atoms with Crippen molar-refractivity contribution in [2.24, 2.45) is 0 Å². The Balaban J connectivity index is 1.48. The third kappa shape index (κ3) is 5.12. The Morgan fingerprint density at radius 1 is 1.11 bits per heavy atom. The molecule has 1 saturated carbocycles. The number of H-pyrrole nitrogens is 1. The smallest absolute Gasteiger partial charge is 0.223 e. The van der Waals surface area contributed by atoms with Crippen molar-refractivity contribution in [1.29, 1.82) is 0 Å². The van der Waals surface area contributed by atoms with E-state index in [-0.39, 0.29) is 24.7 Å². The van der Waals surface area contributed by atoms with Crippen LogP contribution in [0.25, 0.3) is 10.9 Å². The average Bonchev–Trinajstić information content (AvgIpc) is 2.83. The van der Waals surface area contributed by atoms with Gasteiger partial charge in [-0.2, -0.15) is 0 Å². The van der Waals surface area contributed by atoms with Crippen molar-refractivity contribution >= 4 is 22.7 Å².